The molecule has 16 heavy (non-hydrogen) atoms. The Hall–Kier alpha value is -1.45. The highest BCUT2D eigenvalue weighted by molar-refractivity contribution is 7.89. The summed E-state index contributed by atoms with van der Waals surface area (Å²) >= 11 is 0. The third-order valence-electron chi connectivity index (χ3n) is 2.13. The van der Waals surface area contributed by atoms with Crippen molar-refractivity contribution >= 4 is 10.0 Å². The molecular weight excluding hydrogens is 226 g/mol. The van der Waals surface area contributed by atoms with E-state index in [9.17, 15) is 8.42 Å². The lowest BCUT2D eigenvalue weighted by Crippen LogP contribution is -2.32. The molecule has 86 valence electrons. The summed E-state index contributed by atoms with van der Waals surface area (Å²) in [5.74, 6) is 0. The Bertz CT molecular complexity index is 505. The predicted molar refractivity (Wildman–Crippen MR) is 59.0 cm³/mol. The second-order valence-corrected chi connectivity index (χ2v) is 5.07. The van der Waals surface area contributed by atoms with E-state index >= 15 is 0 Å². The van der Waals surface area contributed by atoms with Gasteiger partial charge in [0, 0.05) is 12.2 Å². The second kappa shape index (κ2) is 5.05. The van der Waals surface area contributed by atoms with Crippen molar-refractivity contribution in [1.29, 1.82) is 5.26 Å². The summed E-state index contributed by atoms with van der Waals surface area (Å²) in [5, 5.41) is 8.77. The molecule has 1 heterocycles. The van der Waals surface area contributed by atoms with E-state index in [0.29, 0.717) is 6.42 Å². The van der Waals surface area contributed by atoms with Crippen molar-refractivity contribution in [2.24, 2.45) is 0 Å². The van der Waals surface area contributed by atoms with Crippen LogP contribution in [0.3, 0.4) is 0 Å². The molecule has 6 heteroatoms. The van der Waals surface area contributed by atoms with Crippen LogP contribution in [0.25, 0.3) is 0 Å². The lowest BCUT2D eigenvalue weighted by Gasteiger charge is -2.12. The Labute approximate surface area is 95.2 Å². The van der Waals surface area contributed by atoms with E-state index in [1.165, 1.54) is 18.3 Å². The summed E-state index contributed by atoms with van der Waals surface area (Å²) < 4.78 is 26.2. The molecule has 0 spiro atoms. The van der Waals surface area contributed by atoms with Crippen molar-refractivity contribution in [1.82, 2.24) is 9.71 Å². The van der Waals surface area contributed by atoms with Gasteiger partial charge in [-0.3, -0.25) is 0 Å². The second-order valence-electron chi connectivity index (χ2n) is 3.39. The van der Waals surface area contributed by atoms with Gasteiger partial charge in [0.15, 0.2) is 5.69 Å². The van der Waals surface area contributed by atoms with Crippen LogP contribution in [0.15, 0.2) is 23.2 Å². The Morgan fingerprint density at radius 3 is 2.88 bits per heavy atom. The van der Waals surface area contributed by atoms with Gasteiger partial charge in [-0.2, -0.15) is 5.26 Å². The standard InChI is InChI=1S/C10H13N3O2S/c1-3-8(2)13-16(14,15)10-5-4-6-12-9(10)7-11/h4-6,8,13H,3H2,1-2H3. The van der Waals surface area contributed by atoms with Crippen molar-refractivity contribution in [3.8, 4) is 6.07 Å². The molecule has 0 aliphatic carbocycles. The van der Waals surface area contributed by atoms with Crippen LogP contribution in [0.5, 0.6) is 0 Å². The Kier molecular flexibility index (Phi) is 3.99. The minimum atomic E-state index is -3.65. The van der Waals surface area contributed by atoms with Gasteiger partial charge in [0.25, 0.3) is 0 Å². The zero-order valence-corrected chi connectivity index (χ0v) is 9.95. The van der Waals surface area contributed by atoms with Crippen LogP contribution in [0, 0.1) is 11.3 Å². The molecule has 1 N–H and O–H groups in total. The fourth-order valence-corrected chi connectivity index (χ4v) is 2.54. The molecule has 0 saturated heterocycles. The van der Waals surface area contributed by atoms with Gasteiger partial charge in [-0.05, 0) is 25.5 Å². The Morgan fingerprint density at radius 1 is 1.62 bits per heavy atom. The van der Waals surface area contributed by atoms with Gasteiger partial charge in [0.2, 0.25) is 10.0 Å². The number of rotatable bonds is 4. The fourth-order valence-electron chi connectivity index (χ4n) is 1.10. The third kappa shape index (κ3) is 2.78. The number of nitriles is 1. The SMILES string of the molecule is CCC(C)NS(=O)(=O)c1cccnc1C#N. The van der Waals surface area contributed by atoms with Gasteiger partial charge in [-0.25, -0.2) is 18.1 Å². The highest BCUT2D eigenvalue weighted by atomic mass is 32.2. The van der Waals surface area contributed by atoms with Crippen LogP contribution in [0.1, 0.15) is 26.0 Å². The number of nitrogens with one attached hydrogen (secondary N) is 1. The van der Waals surface area contributed by atoms with Crippen molar-refractivity contribution in [2.45, 2.75) is 31.2 Å². The molecule has 0 bridgehead atoms. The largest absolute Gasteiger partial charge is 0.244 e. The van der Waals surface area contributed by atoms with Crippen molar-refractivity contribution in [3.63, 3.8) is 0 Å². The molecule has 0 aliphatic heterocycles. The normalized spacial score (nSPS) is 13.1. The van der Waals surface area contributed by atoms with E-state index in [1.54, 1.807) is 13.0 Å². The first-order valence-corrected chi connectivity index (χ1v) is 6.37. The molecule has 0 saturated carbocycles. The zero-order chi connectivity index (χ0) is 12.2. The summed E-state index contributed by atoms with van der Waals surface area (Å²) in [6.45, 7) is 3.64. The number of sulfonamides is 1. The number of nitrogens with zero attached hydrogens (tertiary/aromatic N) is 2. The minimum absolute atomic E-state index is 0.0715. The van der Waals surface area contributed by atoms with Gasteiger partial charge in [0.1, 0.15) is 11.0 Å². The van der Waals surface area contributed by atoms with Gasteiger partial charge < -0.3 is 0 Å². The van der Waals surface area contributed by atoms with Crippen LogP contribution in [-0.4, -0.2) is 19.4 Å². The quantitative estimate of drug-likeness (QED) is 0.850. The highest BCUT2D eigenvalue weighted by Gasteiger charge is 2.20. The minimum Gasteiger partial charge on any atom is -0.244 e. The van der Waals surface area contributed by atoms with Crippen LogP contribution < -0.4 is 4.72 Å². The van der Waals surface area contributed by atoms with Gasteiger partial charge >= 0.3 is 0 Å². The molecule has 0 aliphatic rings. The number of aromatic nitrogens is 1. The van der Waals surface area contributed by atoms with Crippen LogP contribution in [-0.2, 0) is 10.0 Å². The first kappa shape index (κ1) is 12.6. The molecule has 0 radical (unpaired) electrons. The topological polar surface area (TPSA) is 82.8 Å². The molecular formula is C10H13N3O2S. The van der Waals surface area contributed by atoms with Crippen LogP contribution in [0.2, 0.25) is 0 Å². The summed E-state index contributed by atoms with van der Waals surface area (Å²) in [5.41, 5.74) is -0.0849. The van der Waals surface area contributed by atoms with Crippen molar-refractivity contribution in [3.05, 3.63) is 24.0 Å². The molecule has 1 rings (SSSR count). The van der Waals surface area contributed by atoms with Crippen LogP contribution in [0.4, 0.5) is 0 Å². The van der Waals surface area contributed by atoms with E-state index in [1.807, 2.05) is 6.92 Å². The van der Waals surface area contributed by atoms with E-state index in [-0.39, 0.29) is 16.6 Å². The Morgan fingerprint density at radius 2 is 2.31 bits per heavy atom. The number of hydrogen-bond acceptors (Lipinski definition) is 4. The Balaban J connectivity index is 3.13. The molecule has 5 nitrogen and oxygen atoms in total. The molecule has 1 atom stereocenters. The highest BCUT2D eigenvalue weighted by Crippen LogP contribution is 2.12. The average molecular weight is 239 g/mol. The van der Waals surface area contributed by atoms with E-state index in [4.69, 9.17) is 5.26 Å². The maximum atomic E-state index is 11.9. The molecule has 1 aromatic heterocycles. The van der Waals surface area contributed by atoms with E-state index in [0.717, 1.165) is 0 Å². The molecule has 0 fully saturated rings. The summed E-state index contributed by atoms with van der Waals surface area (Å²) in [4.78, 5) is 3.64. The fraction of sp³-hybridized carbons (Fsp3) is 0.400. The maximum absolute atomic E-state index is 11.9. The maximum Gasteiger partial charge on any atom is 0.243 e. The van der Waals surface area contributed by atoms with Crippen LogP contribution >= 0.6 is 0 Å². The van der Waals surface area contributed by atoms with Gasteiger partial charge in [0.05, 0.1) is 0 Å². The smallest absolute Gasteiger partial charge is 0.243 e. The molecule has 0 aromatic carbocycles. The van der Waals surface area contributed by atoms with E-state index in [2.05, 4.69) is 9.71 Å². The summed E-state index contributed by atoms with van der Waals surface area (Å²) in [6.07, 6.45) is 2.07. The molecule has 1 aromatic rings. The third-order valence-corrected chi connectivity index (χ3v) is 3.76. The zero-order valence-electron chi connectivity index (χ0n) is 9.14. The van der Waals surface area contributed by atoms with Gasteiger partial charge in [-0.1, -0.05) is 6.92 Å². The van der Waals surface area contributed by atoms with E-state index < -0.39 is 10.0 Å². The lowest BCUT2D eigenvalue weighted by atomic mass is 10.3. The number of hydrogen-bond donors (Lipinski definition) is 1. The monoisotopic (exact) mass is 239 g/mol. The predicted octanol–water partition coefficient (Wildman–Crippen LogP) is 1.03. The number of pyridine rings is 1. The van der Waals surface area contributed by atoms with Crippen molar-refractivity contribution < 1.29 is 8.42 Å². The lowest BCUT2D eigenvalue weighted by molar-refractivity contribution is 0.555. The average Bonchev–Trinajstić information content (AvgIpc) is 2.28. The molecule has 0 amide bonds. The molecule has 1 unspecified atom stereocenters. The first-order chi connectivity index (χ1) is 7.51. The van der Waals surface area contributed by atoms with Crippen molar-refractivity contribution in [2.75, 3.05) is 0 Å². The summed E-state index contributed by atoms with van der Waals surface area (Å²) in [6, 6.07) is 4.46. The van der Waals surface area contributed by atoms with Gasteiger partial charge in [-0.15, -0.1) is 0 Å². The first-order valence-electron chi connectivity index (χ1n) is 4.88. The summed E-state index contributed by atoms with van der Waals surface area (Å²) in [7, 11) is -3.65.